The smallest absolute Gasteiger partial charge is 0.161 e. The van der Waals surface area contributed by atoms with Crippen molar-refractivity contribution in [1.29, 1.82) is 0 Å². The Morgan fingerprint density at radius 2 is 1.63 bits per heavy atom. The first-order chi connectivity index (χ1) is 14.4. The second-order valence-corrected chi connectivity index (χ2v) is 6.96. The average molecular weight is 414 g/mol. The predicted molar refractivity (Wildman–Crippen MR) is 105 cm³/mol. The van der Waals surface area contributed by atoms with E-state index in [1.54, 1.807) is 12.1 Å². The summed E-state index contributed by atoms with van der Waals surface area (Å²) < 4.78 is 59.5. The van der Waals surface area contributed by atoms with Crippen molar-refractivity contribution in [1.82, 2.24) is 9.97 Å². The molecule has 4 rings (SSSR count). The van der Waals surface area contributed by atoms with Crippen LogP contribution in [0.2, 0.25) is 0 Å². The number of ether oxygens (including phenoxy) is 1. The fourth-order valence-corrected chi connectivity index (χ4v) is 3.39. The fraction of sp³-hybridized carbons (Fsp3) is 0.174. The molecule has 4 aromatic rings. The molecule has 0 bridgehead atoms. The minimum Gasteiger partial charge on any atom is -0.489 e. The molecule has 0 fully saturated rings. The molecule has 0 radical (unpaired) electrons. The van der Waals surface area contributed by atoms with Gasteiger partial charge in [-0.25, -0.2) is 22.5 Å². The maximum Gasteiger partial charge on any atom is 0.161 e. The molecule has 0 spiro atoms. The highest BCUT2D eigenvalue weighted by atomic mass is 19.2. The summed E-state index contributed by atoms with van der Waals surface area (Å²) in [6.07, 6.45) is 0.708. The van der Waals surface area contributed by atoms with Gasteiger partial charge >= 0.3 is 0 Å². The Morgan fingerprint density at radius 1 is 0.900 bits per heavy atom. The van der Waals surface area contributed by atoms with E-state index in [9.17, 15) is 17.6 Å². The second kappa shape index (κ2) is 8.18. The maximum atomic E-state index is 13.7. The van der Waals surface area contributed by atoms with Gasteiger partial charge in [-0.2, -0.15) is 0 Å². The first-order valence-electron chi connectivity index (χ1n) is 9.46. The number of hydrogen-bond acceptors (Lipinski definition) is 2. The van der Waals surface area contributed by atoms with Crippen molar-refractivity contribution in [3.8, 4) is 5.75 Å². The number of imidazole rings is 1. The van der Waals surface area contributed by atoms with E-state index in [0.29, 0.717) is 29.0 Å². The minimum absolute atomic E-state index is 0.0964. The molecular formula is C23H18F4N2O. The zero-order valence-electron chi connectivity index (χ0n) is 16.1. The number of rotatable bonds is 6. The molecule has 0 aliphatic carbocycles. The lowest BCUT2D eigenvalue weighted by Crippen LogP contribution is -2.03. The van der Waals surface area contributed by atoms with Gasteiger partial charge in [0.05, 0.1) is 11.0 Å². The van der Waals surface area contributed by atoms with E-state index in [1.165, 1.54) is 0 Å². The molecular weight excluding hydrogens is 396 g/mol. The fourth-order valence-electron chi connectivity index (χ4n) is 3.39. The molecule has 1 heterocycles. The van der Waals surface area contributed by atoms with E-state index in [4.69, 9.17) is 4.74 Å². The van der Waals surface area contributed by atoms with Crippen LogP contribution in [0.4, 0.5) is 17.6 Å². The molecule has 7 heteroatoms. The molecule has 3 aromatic carbocycles. The van der Waals surface area contributed by atoms with Gasteiger partial charge in [0, 0.05) is 23.6 Å². The lowest BCUT2D eigenvalue weighted by atomic mass is 9.96. The lowest BCUT2D eigenvalue weighted by molar-refractivity contribution is 0.299. The molecule has 0 saturated carbocycles. The van der Waals surface area contributed by atoms with Crippen LogP contribution in [0.3, 0.4) is 0 Å². The number of fused-ring (bicyclic) bond motifs is 1. The van der Waals surface area contributed by atoms with Gasteiger partial charge in [-0.1, -0.05) is 19.1 Å². The molecule has 154 valence electrons. The molecule has 0 saturated heterocycles. The molecule has 1 aromatic heterocycles. The Morgan fingerprint density at radius 3 is 2.37 bits per heavy atom. The zero-order chi connectivity index (χ0) is 21.3. The average Bonchev–Trinajstić information content (AvgIpc) is 3.12. The normalized spacial score (nSPS) is 12.3. The van der Waals surface area contributed by atoms with Gasteiger partial charge in [-0.15, -0.1) is 0 Å². The number of halogens is 4. The number of H-pyrrole nitrogens is 1. The van der Waals surface area contributed by atoms with Gasteiger partial charge in [0.25, 0.3) is 0 Å². The Kier molecular flexibility index (Phi) is 5.44. The summed E-state index contributed by atoms with van der Waals surface area (Å²) in [4.78, 5) is 7.47. The zero-order valence-corrected chi connectivity index (χ0v) is 16.1. The van der Waals surface area contributed by atoms with Crippen molar-refractivity contribution in [3.05, 3.63) is 94.8 Å². The van der Waals surface area contributed by atoms with Gasteiger partial charge in [0.1, 0.15) is 29.8 Å². The number of benzene rings is 3. The van der Waals surface area contributed by atoms with Gasteiger partial charge in [-0.3, -0.25) is 0 Å². The third-order valence-electron chi connectivity index (χ3n) is 4.97. The molecule has 30 heavy (non-hydrogen) atoms. The van der Waals surface area contributed by atoms with Crippen molar-refractivity contribution in [2.24, 2.45) is 0 Å². The van der Waals surface area contributed by atoms with Crippen LogP contribution in [0.5, 0.6) is 5.75 Å². The van der Waals surface area contributed by atoms with Crippen molar-refractivity contribution in [2.45, 2.75) is 25.9 Å². The summed E-state index contributed by atoms with van der Waals surface area (Å²) in [5.41, 5.74) is 1.85. The standard InChI is InChI=1S/C23H18F4N2O/c1-2-17(23-28-21-10-19(26)20(27)11-22(21)29-23)13-3-6-16(7-4-13)30-12-14-9-15(24)5-8-18(14)25/h3-11,17H,2,12H2,1H3,(H,28,29). The quantitative estimate of drug-likeness (QED) is 0.379. The maximum absolute atomic E-state index is 13.7. The SMILES string of the molecule is CCC(c1ccc(OCc2cc(F)ccc2F)cc1)c1nc2cc(F)c(F)cc2[nH]1. The minimum atomic E-state index is -0.940. The molecule has 0 aliphatic rings. The number of aromatic amines is 1. The van der Waals surface area contributed by atoms with E-state index >= 15 is 0 Å². The molecule has 1 unspecified atom stereocenters. The number of nitrogens with zero attached hydrogens (tertiary/aromatic N) is 1. The summed E-state index contributed by atoms with van der Waals surface area (Å²) in [6, 6.07) is 12.5. The van der Waals surface area contributed by atoms with Crippen LogP contribution in [0.15, 0.2) is 54.6 Å². The van der Waals surface area contributed by atoms with Crippen LogP contribution in [-0.4, -0.2) is 9.97 Å². The van der Waals surface area contributed by atoms with Crippen LogP contribution in [0.25, 0.3) is 11.0 Å². The highest BCUT2D eigenvalue weighted by Crippen LogP contribution is 2.29. The van der Waals surface area contributed by atoms with Crippen molar-refractivity contribution in [2.75, 3.05) is 0 Å². The lowest BCUT2D eigenvalue weighted by Gasteiger charge is -2.14. The Bertz CT molecular complexity index is 1150. The van der Waals surface area contributed by atoms with Gasteiger partial charge < -0.3 is 9.72 Å². The van der Waals surface area contributed by atoms with Crippen molar-refractivity contribution >= 4 is 11.0 Å². The second-order valence-electron chi connectivity index (χ2n) is 6.96. The van der Waals surface area contributed by atoms with Crippen LogP contribution >= 0.6 is 0 Å². The summed E-state index contributed by atoms with van der Waals surface area (Å²) in [6.45, 7) is 1.89. The molecule has 1 atom stereocenters. The van der Waals surface area contributed by atoms with Gasteiger partial charge in [-0.05, 0) is 42.3 Å². The number of hydrogen-bond donors (Lipinski definition) is 1. The summed E-state index contributed by atoms with van der Waals surface area (Å²) in [7, 11) is 0. The predicted octanol–water partition coefficient (Wildman–Crippen LogP) is 6.24. The molecule has 3 nitrogen and oxygen atoms in total. The third-order valence-corrected chi connectivity index (χ3v) is 4.97. The van der Waals surface area contributed by atoms with E-state index in [1.807, 2.05) is 19.1 Å². The summed E-state index contributed by atoms with van der Waals surface area (Å²) in [5.74, 6) is -1.93. The van der Waals surface area contributed by atoms with Crippen molar-refractivity contribution < 1.29 is 22.3 Å². The Balaban J connectivity index is 1.52. The number of aromatic nitrogens is 2. The largest absolute Gasteiger partial charge is 0.489 e. The molecule has 1 N–H and O–H groups in total. The van der Waals surface area contributed by atoms with Crippen LogP contribution in [-0.2, 0) is 6.61 Å². The Labute approximate surface area is 170 Å². The number of nitrogens with one attached hydrogen (secondary N) is 1. The molecule has 0 amide bonds. The highest BCUT2D eigenvalue weighted by Gasteiger charge is 2.18. The molecule has 0 aliphatic heterocycles. The summed E-state index contributed by atoms with van der Waals surface area (Å²) in [5, 5.41) is 0. The van der Waals surface area contributed by atoms with Gasteiger partial charge in [0.15, 0.2) is 11.6 Å². The van der Waals surface area contributed by atoms with Gasteiger partial charge in [0.2, 0.25) is 0 Å². The first-order valence-corrected chi connectivity index (χ1v) is 9.46. The monoisotopic (exact) mass is 414 g/mol. The summed E-state index contributed by atoms with van der Waals surface area (Å²) >= 11 is 0. The topological polar surface area (TPSA) is 37.9 Å². The van der Waals surface area contributed by atoms with E-state index in [2.05, 4.69) is 9.97 Å². The van der Waals surface area contributed by atoms with Crippen molar-refractivity contribution in [3.63, 3.8) is 0 Å². The van der Waals surface area contributed by atoms with E-state index < -0.39 is 23.3 Å². The van der Waals surface area contributed by atoms with Crippen LogP contribution in [0.1, 0.15) is 36.2 Å². The Hall–Kier alpha value is -3.35. The first kappa shape index (κ1) is 19.9. The van der Waals surface area contributed by atoms with E-state index in [0.717, 1.165) is 35.9 Å². The third kappa shape index (κ3) is 4.01. The van der Waals surface area contributed by atoms with Crippen LogP contribution in [0, 0.1) is 23.3 Å². The highest BCUT2D eigenvalue weighted by molar-refractivity contribution is 5.75. The van der Waals surface area contributed by atoms with E-state index in [-0.39, 0.29) is 18.1 Å². The van der Waals surface area contributed by atoms with Crippen LogP contribution < -0.4 is 4.74 Å².